The Labute approximate surface area is 63.5 Å². The lowest BCUT2D eigenvalue weighted by molar-refractivity contribution is -0.160. The minimum atomic E-state index is -1.65. The summed E-state index contributed by atoms with van der Waals surface area (Å²) in [5.41, 5.74) is -1.65. The maximum Gasteiger partial charge on any atom is 0.356 e. The average molecular weight is 156 g/mol. The molecule has 0 saturated carbocycles. The summed E-state index contributed by atoms with van der Waals surface area (Å²) in [6.45, 7) is 1.62. The van der Waals surface area contributed by atoms with Gasteiger partial charge in [0.25, 0.3) is 5.60 Å². The molecule has 0 aromatic rings. The summed E-state index contributed by atoms with van der Waals surface area (Å²) in [6.07, 6.45) is 2.03. The summed E-state index contributed by atoms with van der Waals surface area (Å²) in [4.78, 5) is 20.9. The molecule has 4 nitrogen and oxygen atoms in total. The summed E-state index contributed by atoms with van der Waals surface area (Å²) in [5, 5.41) is 8.59. The molecule has 0 aromatic carbocycles. The van der Waals surface area contributed by atoms with Gasteiger partial charge in [-0.25, -0.2) is 4.79 Å². The van der Waals surface area contributed by atoms with Crippen molar-refractivity contribution in [2.45, 2.75) is 18.9 Å². The van der Waals surface area contributed by atoms with Crippen molar-refractivity contribution in [2.75, 3.05) is 0 Å². The standard InChI is InChI=1S/C7H8O4/c1-5-2-3-7(4-8,11-5)6(9)10/h2,4H,3H2,1H3,(H,9,10). The highest BCUT2D eigenvalue weighted by molar-refractivity contribution is 5.96. The molecule has 0 amide bonds. The zero-order valence-electron chi connectivity index (χ0n) is 6.03. The predicted octanol–water partition coefficient (Wildman–Crippen LogP) is 0.333. The highest BCUT2D eigenvalue weighted by atomic mass is 16.5. The maximum atomic E-state index is 10.5. The van der Waals surface area contributed by atoms with Gasteiger partial charge < -0.3 is 9.84 Å². The topological polar surface area (TPSA) is 63.6 Å². The molecule has 1 atom stereocenters. The van der Waals surface area contributed by atoms with Crippen molar-refractivity contribution in [3.63, 3.8) is 0 Å². The predicted molar refractivity (Wildman–Crippen MR) is 35.9 cm³/mol. The van der Waals surface area contributed by atoms with Gasteiger partial charge in [-0.1, -0.05) is 0 Å². The number of aliphatic carboxylic acids is 1. The van der Waals surface area contributed by atoms with Gasteiger partial charge in [0, 0.05) is 6.42 Å². The number of carbonyl (C=O) groups is 2. The quantitative estimate of drug-likeness (QED) is 0.462. The van der Waals surface area contributed by atoms with E-state index in [0.29, 0.717) is 12.0 Å². The Morgan fingerprint density at radius 2 is 2.55 bits per heavy atom. The molecule has 1 N–H and O–H groups in total. The summed E-state index contributed by atoms with van der Waals surface area (Å²) >= 11 is 0. The molecule has 1 rings (SSSR count). The van der Waals surface area contributed by atoms with E-state index in [9.17, 15) is 9.59 Å². The van der Waals surface area contributed by atoms with Crippen molar-refractivity contribution in [1.29, 1.82) is 0 Å². The van der Waals surface area contributed by atoms with Crippen LogP contribution in [0.3, 0.4) is 0 Å². The first-order chi connectivity index (χ1) is 5.10. The SMILES string of the molecule is CC1=CCC(C=O)(C(=O)O)O1. The first-order valence-corrected chi connectivity index (χ1v) is 3.16. The smallest absolute Gasteiger partial charge is 0.356 e. The van der Waals surface area contributed by atoms with Gasteiger partial charge in [0.1, 0.15) is 0 Å². The van der Waals surface area contributed by atoms with Crippen LogP contribution >= 0.6 is 0 Å². The molecule has 1 unspecified atom stereocenters. The van der Waals surface area contributed by atoms with Gasteiger partial charge in [-0.05, 0) is 13.0 Å². The maximum absolute atomic E-state index is 10.5. The number of carbonyl (C=O) groups excluding carboxylic acids is 1. The molecular weight excluding hydrogens is 148 g/mol. The third kappa shape index (κ3) is 1.11. The number of rotatable bonds is 2. The lowest BCUT2D eigenvalue weighted by Crippen LogP contribution is -2.39. The van der Waals surface area contributed by atoms with Crippen molar-refractivity contribution < 1.29 is 19.4 Å². The third-order valence-electron chi connectivity index (χ3n) is 1.59. The number of allylic oxidation sites excluding steroid dienone is 1. The van der Waals surface area contributed by atoms with Crippen LogP contribution in [0.2, 0.25) is 0 Å². The van der Waals surface area contributed by atoms with Crippen LogP contribution in [0.4, 0.5) is 0 Å². The van der Waals surface area contributed by atoms with E-state index in [1.807, 2.05) is 0 Å². The number of hydrogen-bond donors (Lipinski definition) is 1. The minimum absolute atomic E-state index is 0.123. The molecule has 0 fully saturated rings. The Kier molecular flexibility index (Phi) is 1.68. The Morgan fingerprint density at radius 3 is 2.73 bits per heavy atom. The van der Waals surface area contributed by atoms with Crippen molar-refractivity contribution in [3.05, 3.63) is 11.8 Å². The Morgan fingerprint density at radius 1 is 1.91 bits per heavy atom. The zero-order chi connectivity index (χ0) is 8.48. The Balaban J connectivity index is 2.83. The number of hydrogen-bond acceptors (Lipinski definition) is 3. The zero-order valence-corrected chi connectivity index (χ0v) is 6.03. The van der Waals surface area contributed by atoms with E-state index in [0.717, 1.165) is 0 Å². The van der Waals surface area contributed by atoms with E-state index in [-0.39, 0.29) is 6.42 Å². The third-order valence-corrected chi connectivity index (χ3v) is 1.59. The van der Waals surface area contributed by atoms with E-state index in [2.05, 4.69) is 0 Å². The molecule has 60 valence electrons. The van der Waals surface area contributed by atoms with Gasteiger partial charge in [0.2, 0.25) is 0 Å². The second-order valence-electron chi connectivity index (χ2n) is 2.43. The molecule has 4 heteroatoms. The monoisotopic (exact) mass is 156 g/mol. The second kappa shape index (κ2) is 2.38. The summed E-state index contributed by atoms with van der Waals surface area (Å²) in [5.74, 6) is -0.750. The molecule has 0 aliphatic carbocycles. The second-order valence-corrected chi connectivity index (χ2v) is 2.43. The fraction of sp³-hybridized carbons (Fsp3) is 0.429. The van der Waals surface area contributed by atoms with E-state index >= 15 is 0 Å². The molecule has 11 heavy (non-hydrogen) atoms. The van der Waals surface area contributed by atoms with Crippen molar-refractivity contribution in [1.82, 2.24) is 0 Å². The number of carboxylic acids is 1. The van der Waals surface area contributed by atoms with Crippen LogP contribution in [0.5, 0.6) is 0 Å². The van der Waals surface area contributed by atoms with E-state index in [1.54, 1.807) is 13.0 Å². The van der Waals surface area contributed by atoms with Crippen molar-refractivity contribution >= 4 is 12.3 Å². The lowest BCUT2D eigenvalue weighted by Gasteiger charge is -2.16. The van der Waals surface area contributed by atoms with Crippen LogP contribution in [0.25, 0.3) is 0 Å². The van der Waals surface area contributed by atoms with Crippen LogP contribution in [-0.2, 0) is 14.3 Å². The molecule has 0 spiro atoms. The first-order valence-electron chi connectivity index (χ1n) is 3.16. The van der Waals surface area contributed by atoms with Crippen LogP contribution in [0, 0.1) is 0 Å². The fourth-order valence-electron chi connectivity index (χ4n) is 0.920. The largest absolute Gasteiger partial charge is 0.478 e. The molecule has 1 aliphatic heterocycles. The van der Waals surface area contributed by atoms with Crippen LogP contribution in [-0.4, -0.2) is 23.0 Å². The van der Waals surface area contributed by atoms with Crippen molar-refractivity contribution in [2.24, 2.45) is 0 Å². The summed E-state index contributed by atoms with van der Waals surface area (Å²) < 4.78 is 4.85. The number of carboxylic acid groups (broad SMARTS) is 1. The molecule has 1 aliphatic rings. The van der Waals surface area contributed by atoms with Gasteiger partial charge >= 0.3 is 5.97 Å². The van der Waals surface area contributed by atoms with Crippen LogP contribution in [0.15, 0.2) is 11.8 Å². The molecule has 0 bridgehead atoms. The van der Waals surface area contributed by atoms with Crippen LogP contribution < -0.4 is 0 Å². The van der Waals surface area contributed by atoms with Gasteiger partial charge in [-0.3, -0.25) is 4.79 Å². The molecule has 0 aromatic heterocycles. The number of ether oxygens (including phenoxy) is 1. The fourth-order valence-corrected chi connectivity index (χ4v) is 0.920. The van der Waals surface area contributed by atoms with Gasteiger partial charge in [-0.2, -0.15) is 0 Å². The van der Waals surface area contributed by atoms with Crippen molar-refractivity contribution in [3.8, 4) is 0 Å². The molecule has 1 heterocycles. The highest BCUT2D eigenvalue weighted by Crippen LogP contribution is 2.26. The van der Waals surface area contributed by atoms with Crippen LogP contribution in [0.1, 0.15) is 13.3 Å². The van der Waals surface area contributed by atoms with E-state index in [1.165, 1.54) is 0 Å². The highest BCUT2D eigenvalue weighted by Gasteiger charge is 2.43. The normalized spacial score (nSPS) is 29.0. The molecule has 0 radical (unpaired) electrons. The molecule has 0 saturated heterocycles. The Hall–Kier alpha value is -1.32. The van der Waals surface area contributed by atoms with E-state index < -0.39 is 11.6 Å². The van der Waals surface area contributed by atoms with E-state index in [4.69, 9.17) is 9.84 Å². The van der Waals surface area contributed by atoms with Gasteiger partial charge in [0.05, 0.1) is 5.76 Å². The lowest BCUT2D eigenvalue weighted by atomic mass is 10.0. The van der Waals surface area contributed by atoms with Gasteiger partial charge in [-0.15, -0.1) is 0 Å². The molecular formula is C7H8O4. The first kappa shape index (κ1) is 7.78. The van der Waals surface area contributed by atoms with Gasteiger partial charge in [0.15, 0.2) is 6.29 Å². The number of aldehydes is 1. The average Bonchev–Trinajstić information content (AvgIpc) is 2.33. The minimum Gasteiger partial charge on any atom is -0.478 e. The Bertz CT molecular complexity index is 231. The summed E-state index contributed by atoms with van der Waals surface area (Å²) in [6, 6.07) is 0. The summed E-state index contributed by atoms with van der Waals surface area (Å²) in [7, 11) is 0.